The summed E-state index contributed by atoms with van der Waals surface area (Å²) in [4.78, 5) is 0. The van der Waals surface area contributed by atoms with Crippen molar-refractivity contribution in [2.45, 2.75) is 39.0 Å². The third kappa shape index (κ3) is 2.85. The van der Waals surface area contributed by atoms with Crippen LogP contribution in [0.5, 0.6) is 23.0 Å². The second-order valence-corrected chi connectivity index (χ2v) is 12.4. The fraction of sp³-hybridized carbons (Fsp3) is 0.188. The fourth-order valence-electron chi connectivity index (χ4n) is 5.92. The lowest BCUT2D eigenvalue weighted by Crippen LogP contribution is -2.56. The molecule has 0 bridgehead atoms. The number of hydrogen-bond donors (Lipinski definition) is 0. The summed E-state index contributed by atoms with van der Waals surface area (Å²) in [7, 11) is 0. The summed E-state index contributed by atoms with van der Waals surface area (Å²) >= 11 is 1.87. The molecule has 0 N–H and O–H groups in total. The van der Waals surface area contributed by atoms with Gasteiger partial charge < -0.3 is 9.47 Å². The van der Waals surface area contributed by atoms with Crippen molar-refractivity contribution >= 4 is 43.8 Å². The molecule has 1 aromatic heterocycles. The summed E-state index contributed by atoms with van der Waals surface area (Å²) in [6.07, 6.45) is 2.30. The summed E-state index contributed by atoms with van der Waals surface area (Å²) in [5.74, 6) is 3.85. The Morgan fingerprint density at radius 1 is 0.750 bits per heavy atom. The minimum absolute atomic E-state index is 0.0802. The first kappa shape index (κ1) is 20.7. The molecule has 2 nitrogen and oxygen atoms in total. The Labute approximate surface area is 215 Å². The SMILES string of the molecule is CC(C)(C)c1ccc2sc3c(c2c1)Oc1cc(-c2ccccc2)cc2c1B3c1cc3c(cc1O2)CC3. The zero-order chi connectivity index (χ0) is 24.2. The first-order valence-electron chi connectivity index (χ1n) is 12.8. The molecule has 0 radical (unpaired) electrons. The maximum atomic E-state index is 6.82. The van der Waals surface area contributed by atoms with Gasteiger partial charge in [0.15, 0.2) is 0 Å². The zero-order valence-corrected chi connectivity index (χ0v) is 21.5. The van der Waals surface area contributed by atoms with Crippen LogP contribution in [0.2, 0.25) is 0 Å². The Morgan fingerprint density at radius 3 is 2.25 bits per heavy atom. The lowest BCUT2D eigenvalue weighted by Gasteiger charge is -2.34. The summed E-state index contributed by atoms with van der Waals surface area (Å²) < 4.78 is 16.0. The highest BCUT2D eigenvalue weighted by molar-refractivity contribution is 7.33. The Balaban J connectivity index is 1.41. The third-order valence-corrected chi connectivity index (χ3v) is 9.25. The zero-order valence-electron chi connectivity index (χ0n) is 20.6. The molecule has 5 aromatic rings. The van der Waals surface area contributed by atoms with Crippen molar-refractivity contribution in [2.24, 2.45) is 0 Å². The minimum atomic E-state index is 0.0802. The maximum Gasteiger partial charge on any atom is 0.273 e. The molecule has 36 heavy (non-hydrogen) atoms. The molecule has 3 heterocycles. The number of benzene rings is 4. The van der Waals surface area contributed by atoms with Crippen LogP contribution in [0.4, 0.5) is 0 Å². The van der Waals surface area contributed by atoms with E-state index in [1.54, 1.807) is 0 Å². The number of thiophene rings is 1. The van der Waals surface area contributed by atoms with Gasteiger partial charge in [-0.15, -0.1) is 11.3 Å². The number of fused-ring (bicyclic) bond motifs is 7. The second kappa shape index (κ2) is 7.05. The van der Waals surface area contributed by atoms with Crippen molar-refractivity contribution < 1.29 is 9.47 Å². The Morgan fingerprint density at radius 2 is 1.50 bits per heavy atom. The van der Waals surface area contributed by atoms with E-state index in [9.17, 15) is 0 Å². The van der Waals surface area contributed by atoms with Gasteiger partial charge >= 0.3 is 0 Å². The van der Waals surface area contributed by atoms with E-state index in [1.165, 1.54) is 42.6 Å². The van der Waals surface area contributed by atoms with Crippen LogP contribution in [0.25, 0.3) is 21.2 Å². The molecule has 0 spiro atoms. The maximum absolute atomic E-state index is 6.82. The summed E-state index contributed by atoms with van der Waals surface area (Å²) in [5, 5.41) is 1.22. The summed E-state index contributed by atoms with van der Waals surface area (Å²) in [5.41, 5.74) is 9.03. The van der Waals surface area contributed by atoms with Gasteiger partial charge in [0.1, 0.15) is 23.0 Å². The van der Waals surface area contributed by atoms with Crippen LogP contribution in [-0.2, 0) is 18.3 Å². The van der Waals surface area contributed by atoms with Gasteiger partial charge in [-0.1, -0.05) is 63.2 Å². The molecular weight excluding hydrogens is 459 g/mol. The number of hydrogen-bond acceptors (Lipinski definition) is 3. The standard InChI is InChI=1S/C32H25BO2S/c1-32(2,3)22-11-12-28-23(17-22)30-31(36-28)33-24-13-19-9-10-20(19)14-25(24)34-26-15-21(16-27(35-30)29(26)33)18-7-5-4-6-8-18/h4-8,11-17H,9-10H2,1-3H3. The van der Waals surface area contributed by atoms with Crippen molar-refractivity contribution in [3.8, 4) is 34.1 Å². The summed E-state index contributed by atoms with van der Waals surface area (Å²) in [6.45, 7) is 6.95. The number of aryl methyl sites for hydroxylation is 2. The summed E-state index contributed by atoms with van der Waals surface area (Å²) in [6, 6.07) is 26.5. The normalized spacial score (nSPS) is 14.7. The van der Waals surface area contributed by atoms with Gasteiger partial charge in [-0.25, -0.2) is 0 Å². The highest BCUT2D eigenvalue weighted by Gasteiger charge is 2.43. The van der Waals surface area contributed by atoms with Gasteiger partial charge in [0.05, 0.1) is 0 Å². The van der Waals surface area contributed by atoms with E-state index < -0.39 is 0 Å². The predicted octanol–water partition coefficient (Wildman–Crippen LogP) is 6.69. The van der Waals surface area contributed by atoms with E-state index in [-0.39, 0.29) is 12.1 Å². The Hall–Kier alpha value is -3.50. The molecule has 0 fully saturated rings. The quantitative estimate of drug-likeness (QED) is 0.242. The van der Waals surface area contributed by atoms with Crippen LogP contribution >= 0.6 is 11.3 Å². The molecule has 8 rings (SSSR count). The van der Waals surface area contributed by atoms with Gasteiger partial charge in [0, 0.05) is 20.3 Å². The first-order chi connectivity index (χ1) is 17.4. The Kier molecular flexibility index (Phi) is 4.05. The molecule has 0 atom stereocenters. The first-order valence-corrected chi connectivity index (χ1v) is 13.6. The molecule has 4 heteroatoms. The second-order valence-electron chi connectivity index (χ2n) is 11.3. The van der Waals surface area contributed by atoms with E-state index in [0.717, 1.165) is 46.9 Å². The average Bonchev–Trinajstić information content (AvgIpc) is 3.23. The third-order valence-electron chi connectivity index (χ3n) is 8.03. The molecule has 0 unspecified atom stereocenters. The van der Waals surface area contributed by atoms with E-state index in [4.69, 9.17) is 9.47 Å². The lowest BCUT2D eigenvalue weighted by molar-refractivity contribution is 0.467. The highest BCUT2D eigenvalue weighted by Crippen LogP contribution is 2.44. The van der Waals surface area contributed by atoms with Crippen LogP contribution in [0, 0.1) is 0 Å². The van der Waals surface area contributed by atoms with E-state index in [0.29, 0.717) is 0 Å². The average molecular weight is 484 g/mol. The number of ether oxygens (including phenoxy) is 2. The number of rotatable bonds is 1. The van der Waals surface area contributed by atoms with Crippen LogP contribution in [0.3, 0.4) is 0 Å². The monoisotopic (exact) mass is 484 g/mol. The molecule has 0 saturated heterocycles. The van der Waals surface area contributed by atoms with Gasteiger partial charge in [0.2, 0.25) is 0 Å². The molecule has 2 aliphatic heterocycles. The van der Waals surface area contributed by atoms with E-state index in [2.05, 4.69) is 93.6 Å². The molecule has 0 saturated carbocycles. The largest absolute Gasteiger partial charge is 0.458 e. The van der Waals surface area contributed by atoms with Gasteiger partial charge in [-0.05, 0) is 81.9 Å². The molecule has 0 amide bonds. The minimum Gasteiger partial charge on any atom is -0.458 e. The van der Waals surface area contributed by atoms with Crippen molar-refractivity contribution in [3.05, 3.63) is 89.5 Å². The molecule has 3 aliphatic rings. The van der Waals surface area contributed by atoms with Gasteiger partial charge in [0.25, 0.3) is 6.71 Å². The van der Waals surface area contributed by atoms with Crippen LogP contribution in [-0.4, -0.2) is 6.71 Å². The fourth-order valence-corrected chi connectivity index (χ4v) is 7.16. The highest BCUT2D eigenvalue weighted by atomic mass is 32.1. The lowest BCUT2D eigenvalue weighted by atomic mass is 9.37. The predicted molar refractivity (Wildman–Crippen MR) is 151 cm³/mol. The van der Waals surface area contributed by atoms with Gasteiger partial charge in [-0.2, -0.15) is 0 Å². The van der Waals surface area contributed by atoms with Crippen LogP contribution in [0.15, 0.2) is 72.8 Å². The molecular formula is C32H25BO2S. The van der Waals surface area contributed by atoms with Crippen molar-refractivity contribution in [2.75, 3.05) is 0 Å². The van der Waals surface area contributed by atoms with Crippen molar-refractivity contribution in [1.29, 1.82) is 0 Å². The van der Waals surface area contributed by atoms with Crippen molar-refractivity contribution in [1.82, 2.24) is 0 Å². The molecule has 4 aromatic carbocycles. The molecule has 1 aliphatic carbocycles. The van der Waals surface area contributed by atoms with Crippen molar-refractivity contribution in [3.63, 3.8) is 0 Å². The molecule has 174 valence electrons. The smallest absolute Gasteiger partial charge is 0.273 e. The Bertz CT molecular complexity index is 1730. The topological polar surface area (TPSA) is 18.5 Å². The van der Waals surface area contributed by atoms with E-state index in [1.807, 2.05) is 11.3 Å². The van der Waals surface area contributed by atoms with Gasteiger partial charge in [-0.3, -0.25) is 0 Å². The van der Waals surface area contributed by atoms with E-state index >= 15 is 0 Å². The van der Waals surface area contributed by atoms with Crippen LogP contribution < -0.4 is 25.2 Å². The van der Waals surface area contributed by atoms with Crippen LogP contribution in [0.1, 0.15) is 37.5 Å².